The molecular weight excluding hydrogens is 504 g/mol. The van der Waals surface area contributed by atoms with E-state index in [0.717, 1.165) is 27.7 Å². The second kappa shape index (κ2) is 9.90. The van der Waals surface area contributed by atoms with Crippen molar-refractivity contribution >= 4 is 49.1 Å². The Kier molecular flexibility index (Phi) is 7.68. The number of hydrogen-bond donors (Lipinski definition) is 1. The summed E-state index contributed by atoms with van der Waals surface area (Å²) in [4.78, 5) is 13.0. The van der Waals surface area contributed by atoms with Gasteiger partial charge in [-0.15, -0.1) is 0 Å². The maximum Gasteiger partial charge on any atom is 0.243 e. The van der Waals surface area contributed by atoms with Gasteiger partial charge in [0.15, 0.2) is 0 Å². The molecule has 0 unspecified atom stereocenters. The Balaban J connectivity index is 1.68. The van der Waals surface area contributed by atoms with Gasteiger partial charge in [-0.1, -0.05) is 34.5 Å². The molecule has 0 aliphatic carbocycles. The van der Waals surface area contributed by atoms with Crippen molar-refractivity contribution in [3.63, 3.8) is 0 Å². The lowest BCUT2D eigenvalue weighted by molar-refractivity contribution is -0.120. The van der Waals surface area contributed by atoms with Crippen LogP contribution in [0.25, 0.3) is 0 Å². The first-order valence-electron chi connectivity index (χ1n) is 10.1. The van der Waals surface area contributed by atoms with Crippen molar-refractivity contribution in [1.82, 2.24) is 4.31 Å². The molecule has 1 saturated heterocycles. The van der Waals surface area contributed by atoms with Crippen LogP contribution in [-0.2, 0) is 21.2 Å². The number of rotatable bonds is 6. The van der Waals surface area contributed by atoms with E-state index in [9.17, 15) is 13.2 Å². The van der Waals surface area contributed by atoms with Crippen LogP contribution in [0.15, 0.2) is 39.7 Å². The predicted molar refractivity (Wildman–Crippen MR) is 126 cm³/mol. The number of carbonyl (C=O) groups is 1. The summed E-state index contributed by atoms with van der Waals surface area (Å²) in [5.74, 6) is 0.119. The number of sulfonamides is 1. The Morgan fingerprint density at radius 3 is 2.52 bits per heavy atom. The highest BCUT2D eigenvalue weighted by molar-refractivity contribution is 9.10. The first-order valence-corrected chi connectivity index (χ1v) is 12.7. The molecule has 0 atom stereocenters. The van der Waals surface area contributed by atoms with Crippen LogP contribution in [0.2, 0.25) is 5.02 Å². The van der Waals surface area contributed by atoms with Gasteiger partial charge in [0.1, 0.15) is 5.75 Å². The highest BCUT2D eigenvalue weighted by Gasteiger charge is 2.32. The summed E-state index contributed by atoms with van der Waals surface area (Å²) in [6, 6.07) is 8.42. The van der Waals surface area contributed by atoms with Crippen LogP contribution in [0.1, 0.15) is 30.9 Å². The highest BCUT2D eigenvalue weighted by atomic mass is 79.9. The van der Waals surface area contributed by atoms with Crippen molar-refractivity contribution in [2.75, 3.05) is 25.5 Å². The zero-order chi connectivity index (χ0) is 22.8. The van der Waals surface area contributed by atoms with E-state index >= 15 is 0 Å². The fourth-order valence-electron chi connectivity index (χ4n) is 3.81. The van der Waals surface area contributed by atoms with E-state index in [1.807, 2.05) is 26.0 Å². The van der Waals surface area contributed by atoms with Gasteiger partial charge in [0, 0.05) is 29.2 Å². The number of hydrogen-bond acceptors (Lipinski definition) is 4. The molecule has 1 aliphatic rings. The molecule has 1 N–H and O–H groups in total. The van der Waals surface area contributed by atoms with Gasteiger partial charge in [-0.05, 0) is 67.6 Å². The smallest absolute Gasteiger partial charge is 0.243 e. The number of benzene rings is 2. The number of carbonyl (C=O) groups excluding carboxylic acids is 1. The van der Waals surface area contributed by atoms with Gasteiger partial charge in [-0.3, -0.25) is 4.79 Å². The summed E-state index contributed by atoms with van der Waals surface area (Å²) in [5, 5.41) is 3.32. The minimum atomic E-state index is -3.68. The normalized spacial score (nSPS) is 15.6. The molecule has 0 bridgehead atoms. The van der Waals surface area contributed by atoms with Crippen LogP contribution >= 0.6 is 27.5 Å². The molecule has 3 rings (SSSR count). The van der Waals surface area contributed by atoms with Crippen molar-refractivity contribution in [3.8, 4) is 5.75 Å². The SMILES string of the molecule is CCc1cc(Br)cc(C)c1NC(=O)C1CCN(S(=O)(=O)c2ccc(OC)c(Cl)c2)CC1. The first kappa shape index (κ1) is 24.0. The molecular formula is C22H26BrClN2O4S. The number of nitrogens with zero attached hydrogens (tertiary/aromatic N) is 1. The molecule has 2 aromatic rings. The van der Waals surface area contributed by atoms with Crippen LogP contribution in [0.3, 0.4) is 0 Å². The lowest BCUT2D eigenvalue weighted by atomic mass is 9.96. The van der Waals surface area contributed by atoms with E-state index in [1.165, 1.54) is 23.5 Å². The van der Waals surface area contributed by atoms with E-state index in [2.05, 4.69) is 21.2 Å². The fraction of sp³-hybridized carbons (Fsp3) is 0.409. The first-order chi connectivity index (χ1) is 14.7. The Labute approximate surface area is 197 Å². The van der Waals surface area contributed by atoms with Gasteiger partial charge in [0.2, 0.25) is 15.9 Å². The van der Waals surface area contributed by atoms with Crippen molar-refractivity contribution < 1.29 is 17.9 Å². The monoisotopic (exact) mass is 528 g/mol. The molecule has 1 heterocycles. The zero-order valence-corrected chi connectivity index (χ0v) is 20.9. The Bertz CT molecular complexity index is 1080. The summed E-state index contributed by atoms with van der Waals surface area (Å²) in [6.07, 6.45) is 1.73. The predicted octanol–water partition coefficient (Wildman–Crippen LogP) is 5.02. The van der Waals surface area contributed by atoms with Crippen molar-refractivity contribution in [2.45, 2.75) is 38.0 Å². The van der Waals surface area contributed by atoms with Gasteiger partial charge in [-0.25, -0.2) is 8.42 Å². The average molecular weight is 530 g/mol. The Morgan fingerprint density at radius 2 is 1.94 bits per heavy atom. The van der Waals surface area contributed by atoms with Crippen molar-refractivity contribution in [1.29, 1.82) is 0 Å². The van der Waals surface area contributed by atoms with Crippen LogP contribution in [0.5, 0.6) is 5.75 Å². The van der Waals surface area contributed by atoms with Crippen molar-refractivity contribution in [3.05, 3.63) is 51.0 Å². The zero-order valence-electron chi connectivity index (χ0n) is 17.7. The minimum absolute atomic E-state index is 0.0651. The molecule has 1 amide bonds. The quantitative estimate of drug-likeness (QED) is 0.570. The van der Waals surface area contributed by atoms with Crippen molar-refractivity contribution in [2.24, 2.45) is 5.92 Å². The Hall–Kier alpha value is -1.61. The van der Waals surface area contributed by atoms with Gasteiger partial charge in [0.05, 0.1) is 17.0 Å². The Morgan fingerprint density at radius 1 is 1.26 bits per heavy atom. The molecule has 31 heavy (non-hydrogen) atoms. The van der Waals surface area contributed by atoms with Crippen LogP contribution < -0.4 is 10.1 Å². The molecule has 6 nitrogen and oxygen atoms in total. The average Bonchev–Trinajstić information content (AvgIpc) is 2.75. The highest BCUT2D eigenvalue weighted by Crippen LogP contribution is 2.31. The number of anilines is 1. The molecule has 0 spiro atoms. The van der Waals surface area contributed by atoms with E-state index < -0.39 is 10.0 Å². The fourth-order valence-corrected chi connectivity index (χ4v) is 6.25. The van der Waals surface area contributed by atoms with Crippen LogP contribution in [0.4, 0.5) is 5.69 Å². The maximum absolute atomic E-state index is 13.0. The number of amides is 1. The molecule has 2 aromatic carbocycles. The summed E-state index contributed by atoms with van der Waals surface area (Å²) in [6.45, 7) is 4.58. The minimum Gasteiger partial charge on any atom is -0.495 e. The summed E-state index contributed by atoms with van der Waals surface area (Å²) < 4.78 is 33.5. The standard InChI is InChI=1S/C22H26BrClN2O4S/c1-4-15-12-17(23)11-14(2)21(15)25-22(27)16-7-9-26(10-8-16)31(28,29)18-5-6-20(30-3)19(24)13-18/h5-6,11-13,16H,4,7-10H2,1-3H3,(H,25,27). The maximum atomic E-state index is 13.0. The summed E-state index contributed by atoms with van der Waals surface area (Å²) >= 11 is 9.60. The van der Waals surface area contributed by atoms with E-state index in [1.54, 1.807) is 6.07 Å². The third kappa shape index (κ3) is 5.25. The number of ether oxygens (including phenoxy) is 1. The van der Waals surface area contributed by atoms with Gasteiger partial charge in [0.25, 0.3) is 0 Å². The number of aryl methyl sites for hydroxylation is 2. The summed E-state index contributed by atoms with van der Waals surface area (Å²) in [7, 11) is -2.21. The lowest BCUT2D eigenvalue weighted by Crippen LogP contribution is -2.41. The second-order valence-corrected chi connectivity index (χ2v) is 10.8. The van der Waals surface area contributed by atoms with Gasteiger partial charge < -0.3 is 10.1 Å². The molecule has 1 fully saturated rings. The topological polar surface area (TPSA) is 75.7 Å². The molecule has 9 heteroatoms. The molecule has 0 saturated carbocycles. The number of methoxy groups -OCH3 is 1. The van der Waals surface area contributed by atoms with Gasteiger partial charge in [-0.2, -0.15) is 4.31 Å². The largest absolute Gasteiger partial charge is 0.495 e. The summed E-state index contributed by atoms with van der Waals surface area (Å²) in [5.41, 5.74) is 2.91. The van der Waals surface area contributed by atoms with E-state index in [0.29, 0.717) is 18.6 Å². The molecule has 0 radical (unpaired) electrons. The number of nitrogens with one attached hydrogen (secondary N) is 1. The third-order valence-corrected chi connectivity index (χ3v) is 8.24. The van der Waals surface area contributed by atoms with Gasteiger partial charge >= 0.3 is 0 Å². The molecule has 168 valence electrons. The van der Waals surface area contributed by atoms with Crippen LogP contribution in [0, 0.1) is 12.8 Å². The number of piperidine rings is 1. The lowest BCUT2D eigenvalue weighted by Gasteiger charge is -2.31. The van der Waals surface area contributed by atoms with E-state index in [-0.39, 0.29) is 34.8 Å². The second-order valence-electron chi connectivity index (χ2n) is 7.57. The number of halogens is 2. The van der Waals surface area contributed by atoms with E-state index in [4.69, 9.17) is 16.3 Å². The molecule has 0 aromatic heterocycles. The molecule has 1 aliphatic heterocycles. The third-order valence-electron chi connectivity index (χ3n) is 5.60. The van der Waals surface area contributed by atoms with Crippen LogP contribution in [-0.4, -0.2) is 38.8 Å².